The predicted octanol–water partition coefficient (Wildman–Crippen LogP) is 1.91. The Labute approximate surface area is 204 Å². The summed E-state index contributed by atoms with van der Waals surface area (Å²) >= 11 is 3.34. The molecule has 12 heteroatoms. The van der Waals surface area contributed by atoms with Gasteiger partial charge in [0.15, 0.2) is 29.6 Å². The quantitative estimate of drug-likeness (QED) is 0.252. The molecule has 0 atom stereocenters. The Hall–Kier alpha value is -3.80. The van der Waals surface area contributed by atoms with Crippen molar-refractivity contribution in [2.75, 3.05) is 41.6 Å². The van der Waals surface area contributed by atoms with E-state index in [-0.39, 0.29) is 13.2 Å². The van der Waals surface area contributed by atoms with Crippen LogP contribution in [0.2, 0.25) is 0 Å². The maximum atomic E-state index is 12.3. The van der Waals surface area contributed by atoms with Crippen LogP contribution in [0.3, 0.4) is 0 Å². The van der Waals surface area contributed by atoms with E-state index in [0.29, 0.717) is 38.6 Å². The van der Waals surface area contributed by atoms with Crippen molar-refractivity contribution in [1.82, 2.24) is 10.7 Å². The normalized spacial score (nSPS) is 10.4. The van der Waals surface area contributed by atoms with Gasteiger partial charge >= 0.3 is 5.97 Å². The van der Waals surface area contributed by atoms with E-state index in [1.54, 1.807) is 24.3 Å². The van der Waals surface area contributed by atoms with Gasteiger partial charge in [0.05, 0.1) is 45.7 Å². The molecule has 2 rings (SSSR count). The number of rotatable bonds is 11. The first-order chi connectivity index (χ1) is 16.3. The van der Waals surface area contributed by atoms with Crippen molar-refractivity contribution < 1.29 is 38.1 Å². The van der Waals surface area contributed by atoms with E-state index in [9.17, 15) is 14.4 Å². The fourth-order valence-electron chi connectivity index (χ4n) is 2.60. The number of nitrogens with zero attached hydrogens (tertiary/aromatic N) is 1. The van der Waals surface area contributed by atoms with E-state index in [0.717, 1.165) is 0 Å². The molecule has 0 heterocycles. The number of carbonyl (C=O) groups excluding carboxylic acids is 3. The Kier molecular flexibility index (Phi) is 10.1. The van der Waals surface area contributed by atoms with Crippen LogP contribution in [0.4, 0.5) is 0 Å². The monoisotopic (exact) mass is 537 g/mol. The fraction of sp³-hybridized carbons (Fsp3) is 0.273. The summed E-state index contributed by atoms with van der Waals surface area (Å²) in [5, 5.41) is 6.37. The predicted molar refractivity (Wildman–Crippen MR) is 126 cm³/mol. The van der Waals surface area contributed by atoms with E-state index in [2.05, 4.69) is 36.5 Å². The van der Waals surface area contributed by atoms with Crippen LogP contribution in [-0.4, -0.2) is 65.6 Å². The second-order valence-corrected chi connectivity index (χ2v) is 7.30. The number of hydrogen-bond acceptors (Lipinski definition) is 9. The van der Waals surface area contributed by atoms with Gasteiger partial charge in [-0.25, -0.2) is 10.2 Å². The molecular formula is C22H24BrN3O8. The third-order valence-electron chi connectivity index (χ3n) is 4.27. The van der Waals surface area contributed by atoms with Gasteiger partial charge in [-0.2, -0.15) is 5.10 Å². The molecular weight excluding hydrogens is 514 g/mol. The van der Waals surface area contributed by atoms with Crippen LogP contribution in [0.1, 0.15) is 15.9 Å². The summed E-state index contributed by atoms with van der Waals surface area (Å²) in [6, 6.07) is 7.91. The smallest absolute Gasteiger partial charge is 0.343 e. The lowest BCUT2D eigenvalue weighted by Gasteiger charge is -2.12. The Bertz CT molecular complexity index is 1070. The SMILES string of the molecule is COC(=O)COc1c(Br)cc(C=NNC(=O)CNC(=O)c2ccc(OC)c(OC)c2)cc1OC. The first kappa shape index (κ1) is 26.5. The summed E-state index contributed by atoms with van der Waals surface area (Å²) < 4.78 is 26.0. The summed E-state index contributed by atoms with van der Waals surface area (Å²) in [5.74, 6) is -0.00360. The van der Waals surface area contributed by atoms with E-state index in [1.807, 2.05) is 0 Å². The number of carbonyl (C=O) groups is 3. The average Bonchev–Trinajstić information content (AvgIpc) is 2.85. The molecule has 0 aliphatic carbocycles. The van der Waals surface area contributed by atoms with Crippen LogP contribution in [-0.2, 0) is 14.3 Å². The Morgan fingerprint density at radius 3 is 2.32 bits per heavy atom. The molecule has 0 saturated carbocycles. The van der Waals surface area contributed by atoms with E-state index >= 15 is 0 Å². The molecule has 2 aromatic rings. The Morgan fingerprint density at radius 2 is 1.68 bits per heavy atom. The number of hydrogen-bond donors (Lipinski definition) is 2. The van der Waals surface area contributed by atoms with Crippen molar-refractivity contribution in [3.05, 3.63) is 45.9 Å². The molecule has 2 amide bonds. The highest BCUT2D eigenvalue weighted by Gasteiger charge is 2.14. The van der Waals surface area contributed by atoms with Crippen LogP contribution in [0.25, 0.3) is 0 Å². The van der Waals surface area contributed by atoms with Gasteiger partial charge in [-0.05, 0) is 51.8 Å². The Balaban J connectivity index is 1.93. The molecule has 0 radical (unpaired) electrons. The summed E-state index contributed by atoms with van der Waals surface area (Å²) in [7, 11) is 5.65. The number of esters is 1. The third kappa shape index (κ3) is 7.37. The van der Waals surface area contributed by atoms with Gasteiger partial charge in [-0.1, -0.05) is 0 Å². The van der Waals surface area contributed by atoms with E-state index < -0.39 is 17.8 Å². The molecule has 0 spiro atoms. The molecule has 0 fully saturated rings. The van der Waals surface area contributed by atoms with Crippen LogP contribution >= 0.6 is 15.9 Å². The largest absolute Gasteiger partial charge is 0.493 e. The highest BCUT2D eigenvalue weighted by Crippen LogP contribution is 2.36. The number of halogens is 1. The van der Waals surface area contributed by atoms with E-state index in [1.165, 1.54) is 40.7 Å². The lowest BCUT2D eigenvalue weighted by molar-refractivity contribution is -0.143. The molecule has 0 aromatic heterocycles. The number of amides is 2. The highest BCUT2D eigenvalue weighted by molar-refractivity contribution is 9.10. The van der Waals surface area contributed by atoms with Crippen LogP contribution < -0.4 is 29.7 Å². The van der Waals surface area contributed by atoms with E-state index in [4.69, 9.17) is 18.9 Å². The molecule has 0 aliphatic heterocycles. The van der Waals surface area contributed by atoms with Crippen molar-refractivity contribution in [1.29, 1.82) is 0 Å². The summed E-state index contributed by atoms with van der Waals surface area (Å²) in [5.41, 5.74) is 3.20. The maximum absolute atomic E-state index is 12.3. The maximum Gasteiger partial charge on any atom is 0.343 e. The first-order valence-electron chi connectivity index (χ1n) is 9.72. The van der Waals surface area contributed by atoms with Crippen LogP contribution in [0, 0.1) is 0 Å². The molecule has 0 saturated heterocycles. The minimum Gasteiger partial charge on any atom is -0.493 e. The molecule has 2 aromatic carbocycles. The number of methoxy groups -OCH3 is 4. The van der Waals surface area contributed by atoms with Gasteiger partial charge < -0.3 is 29.0 Å². The fourth-order valence-corrected chi connectivity index (χ4v) is 3.18. The van der Waals surface area contributed by atoms with Gasteiger partial charge in [0.1, 0.15) is 0 Å². The van der Waals surface area contributed by atoms with Gasteiger partial charge in [0, 0.05) is 5.56 Å². The molecule has 11 nitrogen and oxygen atoms in total. The molecule has 0 bridgehead atoms. The minimum atomic E-state index is -0.541. The van der Waals surface area contributed by atoms with Crippen molar-refractivity contribution in [3.63, 3.8) is 0 Å². The molecule has 182 valence electrons. The summed E-state index contributed by atoms with van der Waals surface area (Å²) in [6.07, 6.45) is 1.38. The van der Waals surface area contributed by atoms with Crippen LogP contribution in [0.15, 0.2) is 39.9 Å². The number of ether oxygens (including phenoxy) is 5. The van der Waals surface area contributed by atoms with Gasteiger partial charge in [0.25, 0.3) is 11.8 Å². The number of hydrazone groups is 1. The van der Waals surface area contributed by atoms with Gasteiger partial charge in [0.2, 0.25) is 0 Å². The second kappa shape index (κ2) is 13.0. The summed E-state index contributed by atoms with van der Waals surface area (Å²) in [4.78, 5) is 35.6. The molecule has 2 N–H and O–H groups in total. The zero-order valence-corrected chi connectivity index (χ0v) is 20.6. The van der Waals surface area contributed by atoms with Gasteiger partial charge in [-0.15, -0.1) is 0 Å². The number of nitrogens with one attached hydrogen (secondary N) is 2. The van der Waals surface area contributed by atoms with Gasteiger partial charge in [-0.3, -0.25) is 9.59 Å². The van der Waals surface area contributed by atoms with Crippen molar-refractivity contribution >= 4 is 39.9 Å². The van der Waals surface area contributed by atoms with Crippen molar-refractivity contribution in [3.8, 4) is 23.0 Å². The van der Waals surface area contributed by atoms with Crippen molar-refractivity contribution in [2.45, 2.75) is 0 Å². The topological polar surface area (TPSA) is 134 Å². The lowest BCUT2D eigenvalue weighted by Crippen LogP contribution is -2.34. The minimum absolute atomic E-state index is 0.288. The third-order valence-corrected chi connectivity index (χ3v) is 4.86. The molecule has 0 unspecified atom stereocenters. The van der Waals surface area contributed by atoms with Crippen molar-refractivity contribution in [2.24, 2.45) is 5.10 Å². The zero-order chi connectivity index (χ0) is 25.1. The Morgan fingerprint density at radius 1 is 0.971 bits per heavy atom. The number of benzene rings is 2. The first-order valence-corrected chi connectivity index (χ1v) is 10.5. The summed E-state index contributed by atoms with van der Waals surface area (Å²) in [6.45, 7) is -0.582. The average molecular weight is 538 g/mol. The van der Waals surface area contributed by atoms with Crippen LogP contribution in [0.5, 0.6) is 23.0 Å². The standard InChI is InChI=1S/C22H24BrN3O8/c1-30-16-6-5-14(9-17(16)31-2)22(29)24-11-19(27)26-25-10-13-7-15(23)21(18(8-13)32-3)34-12-20(28)33-4/h5-10H,11-12H2,1-4H3,(H,24,29)(H,26,27). The second-order valence-electron chi connectivity index (χ2n) is 6.44. The molecule has 34 heavy (non-hydrogen) atoms. The zero-order valence-electron chi connectivity index (χ0n) is 19.0. The molecule has 0 aliphatic rings. The lowest BCUT2D eigenvalue weighted by atomic mass is 10.2. The highest BCUT2D eigenvalue weighted by atomic mass is 79.9.